The van der Waals surface area contributed by atoms with Crippen LogP contribution < -0.4 is 0 Å². The lowest BCUT2D eigenvalue weighted by Gasteiger charge is -2.41. The molecule has 0 aromatic rings. The minimum atomic E-state index is -1.65. The molecule has 4 spiro atoms. The summed E-state index contributed by atoms with van der Waals surface area (Å²) in [5, 5.41) is 10.4. The molecule has 1 N–H and O–H groups in total. The van der Waals surface area contributed by atoms with Crippen molar-refractivity contribution in [2.45, 2.75) is 114 Å². The van der Waals surface area contributed by atoms with Gasteiger partial charge in [-0.2, -0.15) is 0 Å². The lowest BCUT2D eigenvalue weighted by Crippen LogP contribution is -2.52. The summed E-state index contributed by atoms with van der Waals surface area (Å²) in [4.78, 5) is 52.6. The lowest BCUT2D eigenvalue weighted by molar-refractivity contribution is -0.323. The van der Waals surface area contributed by atoms with E-state index in [0.29, 0.717) is 25.7 Å². The van der Waals surface area contributed by atoms with Crippen LogP contribution in [-0.4, -0.2) is 69.9 Å². The van der Waals surface area contributed by atoms with Crippen molar-refractivity contribution in [2.24, 2.45) is 35.0 Å². The van der Waals surface area contributed by atoms with Gasteiger partial charge in [0.25, 0.3) is 0 Å². The largest absolute Gasteiger partial charge is 0.456 e. The summed E-state index contributed by atoms with van der Waals surface area (Å²) in [7, 11) is 0. The third kappa shape index (κ3) is 2.88. The highest BCUT2D eigenvalue weighted by Gasteiger charge is 2.84. The van der Waals surface area contributed by atoms with Gasteiger partial charge >= 0.3 is 17.9 Å². The van der Waals surface area contributed by atoms with Crippen LogP contribution >= 0.6 is 0 Å². The second-order valence-electron chi connectivity index (χ2n) is 14.7. The van der Waals surface area contributed by atoms with Gasteiger partial charge in [0.15, 0.2) is 5.76 Å². The fourth-order valence-corrected chi connectivity index (χ4v) is 10.9. The second-order valence-corrected chi connectivity index (χ2v) is 14.7. The van der Waals surface area contributed by atoms with Crippen LogP contribution in [0, 0.1) is 35.0 Å². The molecule has 7 fully saturated rings. The number of carbonyl (C=O) groups is 4. The van der Waals surface area contributed by atoms with Crippen LogP contribution in [-0.2, 0) is 47.6 Å². The minimum absolute atomic E-state index is 0.0540. The van der Waals surface area contributed by atoms with E-state index >= 15 is 0 Å². The first kappa shape index (κ1) is 27.2. The summed E-state index contributed by atoms with van der Waals surface area (Å²) >= 11 is 0. The van der Waals surface area contributed by atoms with E-state index in [-0.39, 0.29) is 49.3 Å². The van der Waals surface area contributed by atoms with Crippen molar-refractivity contribution in [1.29, 1.82) is 0 Å². The fraction of sp³-hybridized carbons (Fsp3) is 0.806. The molecule has 8 rings (SSSR count). The van der Waals surface area contributed by atoms with Crippen molar-refractivity contribution in [2.75, 3.05) is 6.61 Å². The molecule has 2 aliphatic carbocycles. The number of aliphatic hydroxyl groups excluding tert-OH is 1. The van der Waals surface area contributed by atoms with E-state index in [0.717, 1.165) is 5.57 Å². The van der Waals surface area contributed by atoms with Gasteiger partial charge in [-0.1, -0.05) is 20.8 Å². The van der Waals surface area contributed by atoms with Crippen LogP contribution in [0.25, 0.3) is 0 Å². The number of ether oxygens (including phenoxy) is 6. The Balaban J connectivity index is 1.35. The van der Waals surface area contributed by atoms with Crippen LogP contribution in [0.1, 0.15) is 79.6 Å². The molecule has 6 aliphatic heterocycles. The third-order valence-corrected chi connectivity index (χ3v) is 12.3. The zero-order chi connectivity index (χ0) is 29.8. The number of ketones is 1. The first-order valence-electron chi connectivity index (χ1n) is 15.3. The number of hydrogen-bond donors (Lipinski definition) is 1. The second kappa shape index (κ2) is 7.83. The van der Waals surface area contributed by atoms with Crippen molar-refractivity contribution < 1.29 is 52.7 Å². The van der Waals surface area contributed by atoms with E-state index in [1.165, 1.54) is 6.92 Å². The van der Waals surface area contributed by atoms with E-state index < -0.39 is 75.5 Å². The Bertz CT molecular complexity index is 1390. The molecule has 2 bridgehead atoms. The van der Waals surface area contributed by atoms with E-state index in [2.05, 4.69) is 0 Å². The summed E-state index contributed by atoms with van der Waals surface area (Å²) in [5.74, 6) is -6.39. The molecule has 42 heavy (non-hydrogen) atoms. The third-order valence-electron chi connectivity index (χ3n) is 12.3. The molecule has 0 aromatic carbocycles. The number of hydrogen-bond acceptors (Lipinski definition) is 11. The molecule has 228 valence electrons. The predicted octanol–water partition coefficient (Wildman–Crippen LogP) is 2.47. The van der Waals surface area contributed by atoms with E-state index in [1.807, 2.05) is 20.8 Å². The molecule has 6 heterocycles. The quantitative estimate of drug-likeness (QED) is 0.376. The van der Waals surface area contributed by atoms with Crippen molar-refractivity contribution in [3.63, 3.8) is 0 Å². The van der Waals surface area contributed by atoms with Gasteiger partial charge in [-0.3, -0.25) is 23.9 Å². The molecule has 0 unspecified atom stereocenters. The van der Waals surface area contributed by atoms with Gasteiger partial charge in [0.1, 0.15) is 23.1 Å². The van der Waals surface area contributed by atoms with Crippen LogP contribution in [0.2, 0.25) is 0 Å². The van der Waals surface area contributed by atoms with Crippen LogP contribution in [0.15, 0.2) is 11.3 Å². The number of esters is 3. The average Bonchev–Trinajstić information content (AvgIpc) is 3.59. The van der Waals surface area contributed by atoms with E-state index in [1.54, 1.807) is 6.92 Å². The summed E-state index contributed by atoms with van der Waals surface area (Å²) in [6.45, 7) is 8.51. The molecular weight excluding hydrogens is 548 g/mol. The van der Waals surface area contributed by atoms with E-state index in [9.17, 15) is 24.3 Å². The number of Topliss-reactive ketones (excluding diaryl/α,β-unsaturated/α-hetero) is 1. The maximum Gasteiger partial charge on any atom is 0.311 e. The van der Waals surface area contributed by atoms with Crippen LogP contribution in [0.4, 0.5) is 0 Å². The summed E-state index contributed by atoms with van der Waals surface area (Å²) in [5.41, 5.74) is -3.27. The normalized spacial score (nSPS) is 55.1. The van der Waals surface area contributed by atoms with Crippen LogP contribution in [0.5, 0.6) is 0 Å². The maximum atomic E-state index is 14.2. The average molecular weight is 587 g/mol. The Morgan fingerprint density at radius 1 is 1.10 bits per heavy atom. The Kier molecular flexibility index (Phi) is 5.08. The Morgan fingerprint density at radius 3 is 2.52 bits per heavy atom. The first-order valence-corrected chi connectivity index (χ1v) is 15.3. The van der Waals surface area contributed by atoms with Crippen molar-refractivity contribution in [3.05, 3.63) is 11.3 Å². The smallest absolute Gasteiger partial charge is 0.311 e. The van der Waals surface area contributed by atoms with Gasteiger partial charge in [0, 0.05) is 54.4 Å². The molecule has 12 atom stereocenters. The fourth-order valence-electron chi connectivity index (χ4n) is 10.9. The highest BCUT2D eigenvalue weighted by Crippen LogP contribution is 2.75. The molecule has 0 radical (unpaired) electrons. The monoisotopic (exact) mass is 586 g/mol. The lowest BCUT2D eigenvalue weighted by atomic mass is 9.65. The zero-order valence-corrected chi connectivity index (χ0v) is 24.7. The Morgan fingerprint density at radius 2 is 1.86 bits per heavy atom. The molecule has 0 amide bonds. The Labute approximate surface area is 243 Å². The summed E-state index contributed by atoms with van der Waals surface area (Å²) < 4.78 is 38.9. The van der Waals surface area contributed by atoms with Gasteiger partial charge in [-0.15, -0.1) is 0 Å². The van der Waals surface area contributed by atoms with Gasteiger partial charge in [0.2, 0.25) is 11.6 Å². The van der Waals surface area contributed by atoms with Crippen molar-refractivity contribution in [1.82, 2.24) is 0 Å². The number of carbonyl (C=O) groups excluding carboxylic acids is 4. The molecule has 11 heteroatoms. The van der Waals surface area contributed by atoms with Gasteiger partial charge < -0.3 is 28.8 Å². The number of aliphatic hydroxyl groups is 1. The number of rotatable bonds is 2. The van der Waals surface area contributed by atoms with Crippen LogP contribution in [0.3, 0.4) is 0 Å². The summed E-state index contributed by atoms with van der Waals surface area (Å²) in [6.07, 6.45) is 1.74. The molecule has 5 saturated heterocycles. The van der Waals surface area contributed by atoms with E-state index in [4.69, 9.17) is 28.4 Å². The topological polar surface area (TPSA) is 144 Å². The first-order chi connectivity index (χ1) is 19.7. The highest BCUT2D eigenvalue weighted by molar-refractivity contribution is 5.91. The predicted molar refractivity (Wildman–Crippen MR) is 139 cm³/mol. The Hall–Kier alpha value is -2.34. The zero-order valence-electron chi connectivity index (χ0n) is 24.7. The number of fused-ring (bicyclic) bond motifs is 1. The summed E-state index contributed by atoms with van der Waals surface area (Å²) in [6, 6.07) is 0. The molecule has 2 saturated carbocycles. The standard InChI is InChI=1S/C31H38O11/c1-14-11-30(40-25(14)36)21-15(2)23(35)26(4)8-9-28-12-29-18(27(5,13-32)38-19(29)10-20(34)39-29)7-6-17(28)24(37-16(3)33)31(41-28,42-30)22(21)26/h14-15,18-19,21-22,32H,6-13H2,1-5H3/t14-,15-,18-,19+,21-,22-,26-,27-,28-,29+,30-,31+/m0/s1. The molecule has 11 nitrogen and oxygen atoms in total. The maximum absolute atomic E-state index is 14.2. The molecule has 0 aromatic heterocycles. The molecule has 8 aliphatic rings. The van der Waals surface area contributed by atoms with Gasteiger partial charge in [-0.25, -0.2) is 0 Å². The van der Waals surface area contributed by atoms with Crippen molar-refractivity contribution in [3.8, 4) is 0 Å². The van der Waals surface area contributed by atoms with Gasteiger partial charge in [0.05, 0.1) is 24.5 Å². The molecular formula is C31H38O11. The SMILES string of the molecule is CC(=O)OC1=C2CC[C@@H]3[C@@]4(C[C@@]25CC[C@]2(C)C(=O)[C@@H](C)[C@H]6[C@@H]2[C@@]1(O5)O[C@@]61C[C@H](C)C(=O)O1)OC(=O)C[C@H]4O[C@@]3(C)CO. The van der Waals surface area contributed by atoms with Crippen molar-refractivity contribution >= 4 is 23.7 Å². The minimum Gasteiger partial charge on any atom is -0.456 e. The highest BCUT2D eigenvalue weighted by atomic mass is 16.8. The van der Waals surface area contributed by atoms with Gasteiger partial charge in [-0.05, 0) is 32.6 Å².